The molecule has 0 aliphatic carbocycles. The first-order valence-electron chi connectivity index (χ1n) is 3.98. The Morgan fingerprint density at radius 1 is 1.21 bits per heavy atom. The molecule has 0 amide bonds. The summed E-state index contributed by atoms with van der Waals surface area (Å²) in [6.07, 6.45) is 3.22. The zero-order chi connectivity index (χ0) is 9.97. The van der Waals surface area contributed by atoms with Crippen LogP contribution in [0.2, 0.25) is 5.02 Å². The van der Waals surface area contributed by atoms with E-state index in [4.69, 9.17) is 11.6 Å². The Balaban J connectivity index is 2.52. The Morgan fingerprint density at radius 3 is 2.71 bits per heavy atom. The van der Waals surface area contributed by atoms with Crippen molar-refractivity contribution in [1.29, 1.82) is 0 Å². The van der Waals surface area contributed by atoms with Crippen LogP contribution in [0.1, 0.15) is 0 Å². The lowest BCUT2D eigenvalue weighted by molar-refractivity contribution is 1.17. The van der Waals surface area contributed by atoms with E-state index in [0.717, 1.165) is 15.7 Å². The molecule has 2 rings (SSSR count). The molecule has 0 radical (unpaired) electrons. The van der Waals surface area contributed by atoms with Crippen molar-refractivity contribution in [3.05, 3.63) is 46.3 Å². The van der Waals surface area contributed by atoms with Crippen LogP contribution >= 0.6 is 27.5 Å². The normalized spacial score (nSPS) is 10.1. The van der Waals surface area contributed by atoms with E-state index in [1.54, 1.807) is 6.20 Å². The minimum absolute atomic E-state index is 0.688. The Bertz CT molecular complexity index is 425. The zero-order valence-electron chi connectivity index (χ0n) is 7.11. The number of hydrogen-bond acceptors (Lipinski definition) is 2. The predicted molar refractivity (Wildman–Crippen MR) is 60.2 cm³/mol. The molecule has 0 saturated carbocycles. The third kappa shape index (κ3) is 2.11. The van der Waals surface area contributed by atoms with Gasteiger partial charge in [-0.2, -0.15) is 0 Å². The van der Waals surface area contributed by atoms with Crippen molar-refractivity contribution in [3.63, 3.8) is 0 Å². The fourth-order valence-electron chi connectivity index (χ4n) is 1.16. The van der Waals surface area contributed by atoms with Gasteiger partial charge in [0.25, 0.3) is 0 Å². The van der Waals surface area contributed by atoms with Gasteiger partial charge in [-0.15, -0.1) is 0 Å². The van der Waals surface area contributed by atoms with Crippen molar-refractivity contribution in [2.45, 2.75) is 0 Å². The molecule has 0 bridgehead atoms. The molecule has 4 heteroatoms. The summed E-state index contributed by atoms with van der Waals surface area (Å²) in [6, 6.07) is 7.52. The summed E-state index contributed by atoms with van der Waals surface area (Å²) in [4.78, 5) is 8.00. The molecule has 0 unspecified atom stereocenters. The van der Waals surface area contributed by atoms with Crippen molar-refractivity contribution in [2.24, 2.45) is 0 Å². The van der Waals surface area contributed by atoms with Gasteiger partial charge in [0, 0.05) is 21.3 Å². The SMILES string of the molecule is Clc1cc(Br)cc(-c2ccncn2)c1. The van der Waals surface area contributed by atoms with Crippen LogP contribution in [0.4, 0.5) is 0 Å². The summed E-state index contributed by atoms with van der Waals surface area (Å²) in [7, 11) is 0. The number of benzene rings is 1. The van der Waals surface area contributed by atoms with Crippen LogP contribution in [0, 0.1) is 0 Å². The van der Waals surface area contributed by atoms with Gasteiger partial charge >= 0.3 is 0 Å². The maximum Gasteiger partial charge on any atom is 0.116 e. The highest BCUT2D eigenvalue weighted by atomic mass is 79.9. The van der Waals surface area contributed by atoms with Crippen molar-refractivity contribution < 1.29 is 0 Å². The number of halogens is 2. The smallest absolute Gasteiger partial charge is 0.116 e. The van der Waals surface area contributed by atoms with E-state index in [-0.39, 0.29) is 0 Å². The number of nitrogens with zero attached hydrogens (tertiary/aromatic N) is 2. The average Bonchev–Trinajstić information content (AvgIpc) is 2.18. The summed E-state index contributed by atoms with van der Waals surface area (Å²) < 4.78 is 0.943. The van der Waals surface area contributed by atoms with Gasteiger partial charge in [0.1, 0.15) is 6.33 Å². The van der Waals surface area contributed by atoms with Crippen molar-refractivity contribution in [1.82, 2.24) is 9.97 Å². The van der Waals surface area contributed by atoms with Crippen molar-refractivity contribution in [2.75, 3.05) is 0 Å². The van der Waals surface area contributed by atoms with E-state index in [0.29, 0.717) is 5.02 Å². The summed E-state index contributed by atoms with van der Waals surface area (Å²) in [5, 5.41) is 0.688. The van der Waals surface area contributed by atoms with E-state index in [1.165, 1.54) is 6.33 Å². The molecule has 0 atom stereocenters. The van der Waals surface area contributed by atoms with Gasteiger partial charge in [-0.05, 0) is 24.3 Å². The quantitative estimate of drug-likeness (QED) is 0.791. The molecule has 1 aromatic heterocycles. The molecule has 2 nitrogen and oxygen atoms in total. The molecule has 0 saturated heterocycles. The Morgan fingerprint density at radius 2 is 2.07 bits per heavy atom. The summed E-state index contributed by atoms with van der Waals surface area (Å²) in [5.74, 6) is 0. The topological polar surface area (TPSA) is 25.8 Å². The van der Waals surface area contributed by atoms with Crippen LogP contribution in [-0.4, -0.2) is 9.97 Å². The van der Waals surface area contributed by atoms with Crippen LogP contribution in [0.3, 0.4) is 0 Å². The van der Waals surface area contributed by atoms with Crippen LogP contribution in [-0.2, 0) is 0 Å². The van der Waals surface area contributed by atoms with Crippen molar-refractivity contribution >= 4 is 27.5 Å². The summed E-state index contributed by atoms with van der Waals surface area (Å²) in [6.45, 7) is 0. The molecule has 0 spiro atoms. The van der Waals surface area contributed by atoms with Gasteiger partial charge in [-0.25, -0.2) is 9.97 Å². The summed E-state index contributed by atoms with van der Waals surface area (Å²) in [5.41, 5.74) is 1.84. The first-order chi connectivity index (χ1) is 6.75. The van der Waals surface area contributed by atoms with Crippen molar-refractivity contribution in [3.8, 4) is 11.3 Å². The second-order valence-corrected chi connectivity index (χ2v) is 4.10. The number of hydrogen-bond donors (Lipinski definition) is 0. The minimum atomic E-state index is 0.688. The lowest BCUT2D eigenvalue weighted by Crippen LogP contribution is -1.83. The fourth-order valence-corrected chi connectivity index (χ4v) is 2.02. The molecule has 14 heavy (non-hydrogen) atoms. The van der Waals surface area contributed by atoms with Crippen LogP contribution in [0.15, 0.2) is 41.3 Å². The molecular weight excluding hydrogens is 263 g/mol. The maximum absolute atomic E-state index is 5.93. The monoisotopic (exact) mass is 268 g/mol. The highest BCUT2D eigenvalue weighted by Crippen LogP contribution is 2.25. The molecule has 70 valence electrons. The lowest BCUT2D eigenvalue weighted by Gasteiger charge is -2.01. The standard InChI is InChI=1S/C10H6BrClN2/c11-8-3-7(4-9(12)5-8)10-1-2-13-6-14-10/h1-6H. The molecule has 0 aliphatic heterocycles. The first kappa shape index (κ1) is 9.62. The van der Waals surface area contributed by atoms with E-state index >= 15 is 0 Å². The molecule has 0 aliphatic rings. The second-order valence-electron chi connectivity index (χ2n) is 2.75. The van der Waals surface area contributed by atoms with E-state index in [9.17, 15) is 0 Å². The lowest BCUT2D eigenvalue weighted by atomic mass is 10.1. The Hall–Kier alpha value is -0.930. The van der Waals surface area contributed by atoms with Crippen LogP contribution in [0.25, 0.3) is 11.3 Å². The van der Waals surface area contributed by atoms with Crippen LogP contribution in [0.5, 0.6) is 0 Å². The third-order valence-electron chi connectivity index (χ3n) is 1.74. The Labute approximate surface area is 95.1 Å². The number of aromatic nitrogens is 2. The van der Waals surface area contributed by atoms with Gasteiger partial charge in [-0.3, -0.25) is 0 Å². The van der Waals surface area contributed by atoms with Gasteiger partial charge in [0.05, 0.1) is 5.69 Å². The highest BCUT2D eigenvalue weighted by Gasteiger charge is 2.01. The average molecular weight is 270 g/mol. The zero-order valence-corrected chi connectivity index (χ0v) is 9.46. The second kappa shape index (κ2) is 4.07. The number of rotatable bonds is 1. The van der Waals surface area contributed by atoms with Gasteiger partial charge in [0.2, 0.25) is 0 Å². The predicted octanol–water partition coefficient (Wildman–Crippen LogP) is 3.56. The third-order valence-corrected chi connectivity index (χ3v) is 2.42. The fraction of sp³-hybridized carbons (Fsp3) is 0. The molecule has 1 aromatic carbocycles. The molecule has 0 N–H and O–H groups in total. The first-order valence-corrected chi connectivity index (χ1v) is 5.15. The molecule has 1 heterocycles. The van der Waals surface area contributed by atoms with E-state index in [1.807, 2.05) is 24.3 Å². The maximum atomic E-state index is 5.93. The highest BCUT2D eigenvalue weighted by molar-refractivity contribution is 9.10. The van der Waals surface area contributed by atoms with E-state index in [2.05, 4.69) is 25.9 Å². The largest absolute Gasteiger partial charge is 0.245 e. The molecule has 0 fully saturated rings. The van der Waals surface area contributed by atoms with Gasteiger partial charge < -0.3 is 0 Å². The molecule has 2 aromatic rings. The Kier molecular flexibility index (Phi) is 2.79. The van der Waals surface area contributed by atoms with E-state index < -0.39 is 0 Å². The van der Waals surface area contributed by atoms with Gasteiger partial charge in [0.15, 0.2) is 0 Å². The van der Waals surface area contributed by atoms with Gasteiger partial charge in [-0.1, -0.05) is 27.5 Å². The van der Waals surface area contributed by atoms with Crippen LogP contribution < -0.4 is 0 Å². The minimum Gasteiger partial charge on any atom is -0.245 e. The molecular formula is C10H6BrClN2. The summed E-state index contributed by atoms with van der Waals surface area (Å²) >= 11 is 9.31.